The van der Waals surface area contributed by atoms with E-state index in [1.165, 1.54) is 18.2 Å². The Balaban J connectivity index is 1.94. The van der Waals surface area contributed by atoms with Gasteiger partial charge in [-0.15, -0.1) is 11.3 Å². The Hall–Kier alpha value is -3.03. The predicted molar refractivity (Wildman–Crippen MR) is 99.0 cm³/mol. The molecule has 132 valence electrons. The second kappa shape index (κ2) is 7.47. The molecule has 3 aromatic rings. The van der Waals surface area contributed by atoms with Crippen LogP contribution in [-0.4, -0.2) is 17.0 Å². The molecule has 0 bridgehead atoms. The lowest BCUT2D eigenvalue weighted by Gasteiger charge is -2.07. The minimum Gasteiger partial charge on any atom is -0.478 e. The summed E-state index contributed by atoms with van der Waals surface area (Å²) in [5.41, 5.74) is 7.83. The van der Waals surface area contributed by atoms with Gasteiger partial charge in [0.2, 0.25) is 0 Å². The van der Waals surface area contributed by atoms with E-state index in [2.05, 4.69) is 5.32 Å². The maximum absolute atomic E-state index is 13.3. The third-order valence-corrected chi connectivity index (χ3v) is 4.71. The van der Waals surface area contributed by atoms with Gasteiger partial charge in [0.1, 0.15) is 16.4 Å². The summed E-state index contributed by atoms with van der Waals surface area (Å²) in [6.45, 7) is 0.393. The Kier molecular flexibility index (Phi) is 5.11. The van der Waals surface area contributed by atoms with Gasteiger partial charge in [-0.1, -0.05) is 30.3 Å². The summed E-state index contributed by atoms with van der Waals surface area (Å²) >= 11 is 1.11. The van der Waals surface area contributed by atoms with E-state index in [4.69, 9.17) is 5.73 Å². The molecule has 0 radical (unpaired) electrons. The van der Waals surface area contributed by atoms with Crippen molar-refractivity contribution in [1.29, 1.82) is 0 Å². The number of anilines is 1. The van der Waals surface area contributed by atoms with Gasteiger partial charge in [-0.25, -0.2) is 9.18 Å². The molecule has 3 rings (SSSR count). The number of hydrogen-bond donors (Lipinski definition) is 3. The first-order valence-electron chi connectivity index (χ1n) is 7.70. The number of halogens is 1. The number of carbonyl (C=O) groups is 2. The number of nitrogens with one attached hydrogen (secondary N) is 1. The van der Waals surface area contributed by atoms with Crippen molar-refractivity contribution in [1.82, 2.24) is 0 Å². The lowest BCUT2D eigenvalue weighted by molar-refractivity contribution is 0.0699. The van der Waals surface area contributed by atoms with Crippen LogP contribution < -0.4 is 11.1 Å². The first-order valence-corrected chi connectivity index (χ1v) is 8.58. The van der Waals surface area contributed by atoms with Gasteiger partial charge in [-0.2, -0.15) is 0 Å². The zero-order chi connectivity index (χ0) is 18.7. The summed E-state index contributed by atoms with van der Waals surface area (Å²) in [5.74, 6) is -2.26. The standard InChI is InChI=1S/C19H15FN2O3S/c20-14-3-1-2-13(8-14)17(23)22-18-16(19(24)25)15(10-26-18)12-6-4-11(9-21)5-7-12/h1-8,10H,9,21H2,(H,22,23)(H,24,25). The molecule has 0 saturated carbocycles. The number of carboxylic acids is 1. The van der Waals surface area contributed by atoms with Gasteiger partial charge in [-0.3, -0.25) is 4.79 Å². The van der Waals surface area contributed by atoms with E-state index in [-0.39, 0.29) is 16.1 Å². The van der Waals surface area contributed by atoms with E-state index in [0.29, 0.717) is 17.7 Å². The molecule has 0 aliphatic heterocycles. The monoisotopic (exact) mass is 370 g/mol. The van der Waals surface area contributed by atoms with Crippen molar-refractivity contribution in [3.05, 3.63) is 76.4 Å². The topological polar surface area (TPSA) is 92.4 Å². The van der Waals surface area contributed by atoms with E-state index in [0.717, 1.165) is 23.0 Å². The van der Waals surface area contributed by atoms with E-state index in [1.807, 2.05) is 12.1 Å². The summed E-state index contributed by atoms with van der Waals surface area (Å²) in [6.07, 6.45) is 0. The van der Waals surface area contributed by atoms with Crippen molar-refractivity contribution < 1.29 is 19.1 Å². The lowest BCUT2D eigenvalue weighted by Crippen LogP contribution is -2.13. The summed E-state index contributed by atoms with van der Waals surface area (Å²) < 4.78 is 13.3. The Labute approximate surface area is 152 Å². The number of aromatic carboxylic acids is 1. The summed E-state index contributed by atoms with van der Waals surface area (Å²) in [5, 5.41) is 14.0. The van der Waals surface area contributed by atoms with Crippen LogP contribution in [0.25, 0.3) is 11.1 Å². The van der Waals surface area contributed by atoms with Crippen molar-refractivity contribution in [2.75, 3.05) is 5.32 Å². The number of carboxylic acid groups (broad SMARTS) is 1. The van der Waals surface area contributed by atoms with Crippen molar-refractivity contribution in [2.45, 2.75) is 6.54 Å². The number of thiophene rings is 1. The molecule has 0 fully saturated rings. The van der Waals surface area contributed by atoms with Crippen molar-refractivity contribution in [2.24, 2.45) is 5.73 Å². The molecule has 0 saturated heterocycles. The van der Waals surface area contributed by atoms with Gasteiger partial charge >= 0.3 is 5.97 Å². The summed E-state index contributed by atoms with van der Waals surface area (Å²) in [7, 11) is 0. The van der Waals surface area contributed by atoms with Crippen LogP contribution in [-0.2, 0) is 6.54 Å². The molecule has 1 heterocycles. The number of benzene rings is 2. The molecule has 5 nitrogen and oxygen atoms in total. The third-order valence-electron chi connectivity index (χ3n) is 3.82. The molecule has 0 atom stereocenters. The molecule has 7 heteroatoms. The van der Waals surface area contributed by atoms with Gasteiger partial charge in [0.15, 0.2) is 0 Å². The molecule has 4 N–H and O–H groups in total. The minimum absolute atomic E-state index is 0.000233. The smallest absolute Gasteiger partial charge is 0.339 e. The molecular formula is C19H15FN2O3S. The zero-order valence-electron chi connectivity index (χ0n) is 13.5. The SMILES string of the molecule is NCc1ccc(-c2csc(NC(=O)c3cccc(F)c3)c2C(=O)O)cc1. The highest BCUT2D eigenvalue weighted by Crippen LogP contribution is 2.36. The Bertz CT molecular complexity index is 967. The molecule has 0 aliphatic rings. The van der Waals surface area contributed by atoms with Gasteiger partial charge in [0, 0.05) is 23.1 Å². The average Bonchev–Trinajstić information content (AvgIpc) is 3.05. The number of hydrogen-bond acceptors (Lipinski definition) is 4. The molecule has 0 aliphatic carbocycles. The number of rotatable bonds is 5. The first-order chi connectivity index (χ1) is 12.5. The largest absolute Gasteiger partial charge is 0.478 e. The van der Waals surface area contributed by atoms with E-state index in [9.17, 15) is 19.1 Å². The second-order valence-corrected chi connectivity index (χ2v) is 6.40. The van der Waals surface area contributed by atoms with E-state index in [1.54, 1.807) is 17.5 Å². The fourth-order valence-corrected chi connectivity index (χ4v) is 3.46. The number of amides is 1. The van der Waals surface area contributed by atoms with E-state index < -0.39 is 17.7 Å². The molecule has 2 aromatic carbocycles. The Morgan fingerprint density at radius 1 is 1.15 bits per heavy atom. The molecule has 1 aromatic heterocycles. The van der Waals surface area contributed by atoms with Crippen LogP contribution in [0.15, 0.2) is 53.9 Å². The molecule has 0 spiro atoms. The fraction of sp³-hybridized carbons (Fsp3) is 0.0526. The maximum atomic E-state index is 13.3. The quantitative estimate of drug-likeness (QED) is 0.634. The maximum Gasteiger partial charge on any atom is 0.339 e. The van der Waals surface area contributed by atoms with Crippen LogP contribution in [0.4, 0.5) is 9.39 Å². The van der Waals surface area contributed by atoms with Crippen LogP contribution in [0, 0.1) is 5.82 Å². The first kappa shape index (κ1) is 17.8. The third kappa shape index (κ3) is 3.63. The highest BCUT2D eigenvalue weighted by Gasteiger charge is 2.21. The highest BCUT2D eigenvalue weighted by molar-refractivity contribution is 7.15. The average molecular weight is 370 g/mol. The molecular weight excluding hydrogens is 355 g/mol. The van der Waals surface area contributed by atoms with Crippen molar-refractivity contribution in [3.63, 3.8) is 0 Å². The van der Waals surface area contributed by atoms with Crippen molar-refractivity contribution in [3.8, 4) is 11.1 Å². The summed E-state index contributed by atoms with van der Waals surface area (Å²) in [6, 6.07) is 12.4. The Morgan fingerprint density at radius 3 is 2.50 bits per heavy atom. The molecule has 0 unspecified atom stereocenters. The second-order valence-electron chi connectivity index (χ2n) is 5.52. The van der Waals surface area contributed by atoms with Gasteiger partial charge < -0.3 is 16.2 Å². The zero-order valence-corrected chi connectivity index (χ0v) is 14.3. The minimum atomic E-state index is -1.15. The molecule has 26 heavy (non-hydrogen) atoms. The van der Waals surface area contributed by atoms with Crippen LogP contribution >= 0.6 is 11.3 Å². The van der Waals surface area contributed by atoms with Crippen molar-refractivity contribution >= 4 is 28.2 Å². The van der Waals surface area contributed by atoms with Gasteiger partial charge in [0.25, 0.3) is 5.91 Å². The predicted octanol–water partition coefficient (Wildman–Crippen LogP) is 3.96. The summed E-state index contributed by atoms with van der Waals surface area (Å²) in [4.78, 5) is 24.0. The van der Waals surface area contributed by atoms with E-state index >= 15 is 0 Å². The number of carbonyl (C=O) groups excluding carboxylic acids is 1. The van der Waals surface area contributed by atoms with Crippen LogP contribution in [0.3, 0.4) is 0 Å². The van der Waals surface area contributed by atoms with Crippen LogP contribution in [0.2, 0.25) is 0 Å². The van der Waals surface area contributed by atoms with Gasteiger partial charge in [0.05, 0.1) is 0 Å². The normalized spacial score (nSPS) is 10.5. The lowest BCUT2D eigenvalue weighted by atomic mass is 10.0. The highest BCUT2D eigenvalue weighted by atomic mass is 32.1. The van der Waals surface area contributed by atoms with Crippen LogP contribution in [0.1, 0.15) is 26.3 Å². The van der Waals surface area contributed by atoms with Gasteiger partial charge in [-0.05, 0) is 29.3 Å². The number of nitrogens with two attached hydrogens (primary N) is 1. The van der Waals surface area contributed by atoms with Crippen LogP contribution in [0.5, 0.6) is 0 Å². The molecule has 1 amide bonds. The Morgan fingerprint density at radius 2 is 1.88 bits per heavy atom. The fourth-order valence-electron chi connectivity index (χ4n) is 2.50.